The molecule has 5 nitrogen and oxygen atoms in total. The molecule has 1 atom stereocenters. The fraction of sp³-hybridized carbons (Fsp3) is 0.474. The minimum absolute atomic E-state index is 0.0520. The summed E-state index contributed by atoms with van der Waals surface area (Å²) >= 11 is 0. The number of aromatic nitrogens is 2. The third-order valence-electron chi connectivity index (χ3n) is 4.78. The minimum atomic E-state index is -0.219. The predicted molar refractivity (Wildman–Crippen MR) is 93.6 cm³/mol. The van der Waals surface area contributed by atoms with Crippen molar-refractivity contribution >= 4 is 5.91 Å². The van der Waals surface area contributed by atoms with Crippen molar-refractivity contribution in [1.29, 1.82) is 0 Å². The molecule has 24 heavy (non-hydrogen) atoms. The van der Waals surface area contributed by atoms with Crippen molar-refractivity contribution in [3.8, 4) is 5.69 Å². The third kappa shape index (κ3) is 3.08. The minimum Gasteiger partial charge on any atom is -0.394 e. The van der Waals surface area contributed by atoms with Crippen LogP contribution in [0.5, 0.6) is 0 Å². The molecule has 1 aromatic heterocycles. The molecule has 5 heteroatoms. The van der Waals surface area contributed by atoms with E-state index in [9.17, 15) is 9.90 Å². The maximum Gasteiger partial charge on any atom is 0.272 e. The molecule has 3 rings (SSSR count). The topological polar surface area (TPSA) is 67.2 Å². The second-order valence-electron chi connectivity index (χ2n) is 6.32. The fourth-order valence-corrected chi connectivity index (χ4v) is 3.24. The number of aliphatic hydroxyl groups is 1. The van der Waals surface area contributed by atoms with Crippen molar-refractivity contribution in [2.45, 2.75) is 52.0 Å². The summed E-state index contributed by atoms with van der Waals surface area (Å²) in [4.78, 5) is 12.6. The average molecular weight is 327 g/mol. The molecule has 0 bridgehead atoms. The van der Waals surface area contributed by atoms with E-state index in [0.717, 1.165) is 42.6 Å². The summed E-state index contributed by atoms with van der Waals surface area (Å²) in [5.41, 5.74) is 4.99. The largest absolute Gasteiger partial charge is 0.394 e. The molecule has 1 amide bonds. The molecule has 1 aliphatic carbocycles. The maximum absolute atomic E-state index is 12.6. The highest BCUT2D eigenvalue weighted by molar-refractivity contribution is 5.94. The Morgan fingerprint density at radius 2 is 2.04 bits per heavy atom. The van der Waals surface area contributed by atoms with E-state index in [0.29, 0.717) is 12.1 Å². The smallest absolute Gasteiger partial charge is 0.272 e. The van der Waals surface area contributed by atoms with E-state index in [1.807, 2.05) is 11.6 Å². The van der Waals surface area contributed by atoms with E-state index in [2.05, 4.69) is 41.6 Å². The lowest BCUT2D eigenvalue weighted by Crippen LogP contribution is -2.37. The molecule has 0 fully saturated rings. The number of amides is 1. The van der Waals surface area contributed by atoms with Crippen LogP contribution in [0.2, 0.25) is 0 Å². The lowest BCUT2D eigenvalue weighted by atomic mass is 10.1. The van der Waals surface area contributed by atoms with Gasteiger partial charge < -0.3 is 10.4 Å². The first kappa shape index (κ1) is 16.7. The van der Waals surface area contributed by atoms with Crippen LogP contribution in [0.1, 0.15) is 54.0 Å². The summed E-state index contributed by atoms with van der Waals surface area (Å²) < 4.78 is 1.91. The van der Waals surface area contributed by atoms with E-state index in [1.54, 1.807) is 0 Å². The molecule has 0 radical (unpaired) electrons. The predicted octanol–water partition coefficient (Wildman–Crippen LogP) is 2.42. The van der Waals surface area contributed by atoms with Crippen molar-refractivity contribution in [2.75, 3.05) is 6.61 Å². The van der Waals surface area contributed by atoms with Gasteiger partial charge in [-0.1, -0.05) is 26.0 Å². The number of hydrogen-bond acceptors (Lipinski definition) is 3. The summed E-state index contributed by atoms with van der Waals surface area (Å²) in [5, 5.41) is 16.8. The van der Waals surface area contributed by atoms with E-state index >= 15 is 0 Å². The van der Waals surface area contributed by atoms with Crippen LogP contribution in [0.4, 0.5) is 0 Å². The number of nitrogens with one attached hydrogen (secondary N) is 1. The molecule has 0 aliphatic heterocycles. The molecule has 1 heterocycles. The number of aliphatic hydroxyl groups excluding tert-OH is 1. The summed E-state index contributed by atoms with van der Waals surface area (Å²) in [6, 6.07) is 8.13. The van der Waals surface area contributed by atoms with Gasteiger partial charge in [0.2, 0.25) is 0 Å². The number of carbonyl (C=O) groups excluding carboxylic acids is 1. The van der Waals surface area contributed by atoms with Crippen LogP contribution in [0, 0.1) is 0 Å². The zero-order valence-corrected chi connectivity index (χ0v) is 14.4. The maximum atomic E-state index is 12.6. The van der Waals surface area contributed by atoms with Gasteiger partial charge >= 0.3 is 0 Å². The zero-order valence-electron chi connectivity index (χ0n) is 14.4. The number of nitrogens with zero attached hydrogens (tertiary/aromatic N) is 2. The molecule has 128 valence electrons. The Morgan fingerprint density at radius 3 is 2.67 bits per heavy atom. The first-order chi connectivity index (χ1) is 11.7. The second-order valence-corrected chi connectivity index (χ2v) is 6.32. The van der Waals surface area contributed by atoms with Gasteiger partial charge in [-0.2, -0.15) is 5.10 Å². The van der Waals surface area contributed by atoms with Crippen LogP contribution in [0.25, 0.3) is 5.69 Å². The van der Waals surface area contributed by atoms with E-state index < -0.39 is 0 Å². The van der Waals surface area contributed by atoms with Gasteiger partial charge in [0, 0.05) is 11.3 Å². The van der Waals surface area contributed by atoms with E-state index in [1.165, 1.54) is 5.56 Å². The number of hydrogen-bond donors (Lipinski definition) is 2. The van der Waals surface area contributed by atoms with Gasteiger partial charge in [0.05, 0.1) is 18.3 Å². The Balaban J connectivity index is 1.93. The molecule has 1 aromatic carbocycles. The van der Waals surface area contributed by atoms with Crippen molar-refractivity contribution in [2.24, 2.45) is 0 Å². The number of fused-ring (bicyclic) bond motifs is 1. The molecule has 0 saturated carbocycles. The molecule has 0 saturated heterocycles. The summed E-state index contributed by atoms with van der Waals surface area (Å²) in [5.74, 6) is -0.182. The van der Waals surface area contributed by atoms with Crippen LogP contribution in [-0.4, -0.2) is 33.4 Å². The van der Waals surface area contributed by atoms with Gasteiger partial charge in [0.15, 0.2) is 5.69 Å². The molecule has 2 N–H and O–H groups in total. The van der Waals surface area contributed by atoms with Crippen LogP contribution in [-0.2, 0) is 19.3 Å². The number of carbonyl (C=O) groups is 1. The van der Waals surface area contributed by atoms with Gasteiger partial charge in [0.1, 0.15) is 0 Å². The first-order valence-electron chi connectivity index (χ1n) is 8.79. The SMILES string of the molecule is CCc1ccc(-n2nc(C(=O)NC(CC)CO)c3c2CCC3)cc1. The number of benzene rings is 1. The van der Waals surface area contributed by atoms with Gasteiger partial charge in [-0.05, 0) is 49.8 Å². The van der Waals surface area contributed by atoms with Crippen molar-refractivity contribution in [3.05, 3.63) is 46.8 Å². The molecular weight excluding hydrogens is 302 g/mol. The summed E-state index contributed by atoms with van der Waals surface area (Å²) in [7, 11) is 0. The molecule has 1 unspecified atom stereocenters. The molecule has 2 aromatic rings. The Morgan fingerprint density at radius 1 is 1.29 bits per heavy atom. The Labute approximate surface area is 142 Å². The monoisotopic (exact) mass is 327 g/mol. The van der Waals surface area contributed by atoms with Crippen LogP contribution in [0.15, 0.2) is 24.3 Å². The Hall–Kier alpha value is -2.14. The van der Waals surface area contributed by atoms with E-state index in [-0.39, 0.29) is 18.6 Å². The summed E-state index contributed by atoms with van der Waals surface area (Å²) in [6.07, 6.45) is 4.59. The van der Waals surface area contributed by atoms with Gasteiger partial charge in [-0.25, -0.2) is 4.68 Å². The highest BCUT2D eigenvalue weighted by atomic mass is 16.3. The van der Waals surface area contributed by atoms with Gasteiger partial charge in [0.25, 0.3) is 5.91 Å². The van der Waals surface area contributed by atoms with Crippen molar-refractivity contribution in [3.63, 3.8) is 0 Å². The fourth-order valence-electron chi connectivity index (χ4n) is 3.24. The highest BCUT2D eigenvalue weighted by Gasteiger charge is 2.27. The van der Waals surface area contributed by atoms with Crippen LogP contribution < -0.4 is 5.32 Å². The standard InChI is InChI=1S/C19H25N3O2/c1-3-13-8-10-15(11-9-13)22-17-7-5-6-16(17)18(21-22)19(24)20-14(4-2)12-23/h8-11,14,23H,3-7,12H2,1-2H3,(H,20,24). The lowest BCUT2D eigenvalue weighted by Gasteiger charge is -2.13. The van der Waals surface area contributed by atoms with Crippen molar-refractivity contribution in [1.82, 2.24) is 15.1 Å². The molecule has 0 spiro atoms. The van der Waals surface area contributed by atoms with Gasteiger partial charge in [-0.3, -0.25) is 4.79 Å². The van der Waals surface area contributed by atoms with Crippen LogP contribution >= 0.6 is 0 Å². The number of rotatable bonds is 6. The quantitative estimate of drug-likeness (QED) is 0.856. The van der Waals surface area contributed by atoms with E-state index in [4.69, 9.17) is 0 Å². The summed E-state index contributed by atoms with van der Waals surface area (Å²) in [6.45, 7) is 4.03. The van der Waals surface area contributed by atoms with Gasteiger partial charge in [-0.15, -0.1) is 0 Å². The number of aryl methyl sites for hydroxylation is 1. The van der Waals surface area contributed by atoms with Crippen LogP contribution in [0.3, 0.4) is 0 Å². The molecule has 1 aliphatic rings. The average Bonchev–Trinajstić information content (AvgIpc) is 3.22. The zero-order chi connectivity index (χ0) is 17.1. The lowest BCUT2D eigenvalue weighted by molar-refractivity contribution is 0.0908. The normalized spacial score (nSPS) is 14.5. The highest BCUT2D eigenvalue weighted by Crippen LogP contribution is 2.28. The third-order valence-corrected chi connectivity index (χ3v) is 4.78. The Kier molecular flexibility index (Phi) is 5.00. The Bertz CT molecular complexity index is 715. The second kappa shape index (κ2) is 7.18. The first-order valence-corrected chi connectivity index (χ1v) is 8.79. The molecular formula is C19H25N3O2. The van der Waals surface area contributed by atoms with Crippen molar-refractivity contribution < 1.29 is 9.90 Å².